The van der Waals surface area contributed by atoms with Crippen LogP contribution in [0.25, 0.3) is 11.4 Å². The lowest BCUT2D eigenvalue weighted by Gasteiger charge is -2.08. The highest BCUT2D eigenvalue weighted by atomic mass is 19.4. The second kappa shape index (κ2) is 9.02. The van der Waals surface area contributed by atoms with Crippen LogP contribution in [0, 0.1) is 0 Å². The second-order valence-corrected chi connectivity index (χ2v) is 6.68. The Morgan fingerprint density at radius 2 is 1.82 bits per heavy atom. The summed E-state index contributed by atoms with van der Waals surface area (Å²) in [6.45, 7) is 2.19. The van der Waals surface area contributed by atoms with Crippen molar-refractivity contribution in [1.29, 1.82) is 0 Å². The number of ether oxygens (including phenoxy) is 2. The van der Waals surface area contributed by atoms with E-state index < -0.39 is 11.7 Å². The first-order valence-corrected chi connectivity index (χ1v) is 9.72. The normalized spacial score (nSPS) is 11.3. The Balaban J connectivity index is 1.45. The summed E-state index contributed by atoms with van der Waals surface area (Å²) in [5.41, 5.74) is 5.87. The van der Waals surface area contributed by atoms with E-state index in [2.05, 4.69) is 30.5 Å². The number of alkyl halides is 3. The number of anilines is 3. The van der Waals surface area contributed by atoms with Gasteiger partial charge in [-0.25, -0.2) is 0 Å². The predicted octanol–water partition coefficient (Wildman–Crippen LogP) is 4.80. The number of aromatic nitrogens is 5. The standard InChI is InChI=1S/C21H18F3N7O2/c1-2-32-20-27-16(25)11-17(28-20)33-15-8-6-12(7-9-15)18-29-19(31-30-18)26-14-5-3-4-13(10-14)21(22,23)24/h3-11H,2H2,1H3,(H2,25,27,28)(H2,26,29,30,31). The van der Waals surface area contributed by atoms with Crippen LogP contribution in [0.3, 0.4) is 0 Å². The molecule has 4 aromatic rings. The van der Waals surface area contributed by atoms with Gasteiger partial charge in [-0.1, -0.05) is 6.07 Å². The van der Waals surface area contributed by atoms with Gasteiger partial charge in [-0.3, -0.25) is 5.10 Å². The monoisotopic (exact) mass is 457 g/mol. The molecule has 0 saturated heterocycles. The Labute approximate surface area is 185 Å². The van der Waals surface area contributed by atoms with Crippen molar-refractivity contribution in [2.24, 2.45) is 0 Å². The van der Waals surface area contributed by atoms with Gasteiger partial charge in [-0.05, 0) is 49.4 Å². The first kappa shape index (κ1) is 21.9. The average molecular weight is 457 g/mol. The third-order valence-corrected chi connectivity index (χ3v) is 4.26. The van der Waals surface area contributed by atoms with Crippen molar-refractivity contribution in [2.45, 2.75) is 13.1 Å². The van der Waals surface area contributed by atoms with Crippen LogP contribution in [0.1, 0.15) is 12.5 Å². The van der Waals surface area contributed by atoms with Crippen molar-refractivity contribution in [3.05, 3.63) is 60.2 Å². The molecule has 0 spiro atoms. The van der Waals surface area contributed by atoms with Gasteiger partial charge in [0, 0.05) is 17.3 Å². The third-order valence-electron chi connectivity index (χ3n) is 4.26. The molecule has 2 aromatic carbocycles. The number of hydrogen-bond donors (Lipinski definition) is 3. The van der Waals surface area contributed by atoms with E-state index in [1.54, 1.807) is 31.2 Å². The summed E-state index contributed by atoms with van der Waals surface area (Å²) in [6, 6.07) is 13.2. The van der Waals surface area contributed by atoms with Crippen LogP contribution in [0.15, 0.2) is 54.6 Å². The summed E-state index contributed by atoms with van der Waals surface area (Å²) in [7, 11) is 0. The van der Waals surface area contributed by atoms with Crippen LogP contribution in [0.5, 0.6) is 17.6 Å². The molecule has 2 aromatic heterocycles. The van der Waals surface area contributed by atoms with E-state index in [0.717, 1.165) is 12.1 Å². The molecule has 4 rings (SSSR count). The smallest absolute Gasteiger partial charge is 0.416 e. The van der Waals surface area contributed by atoms with Gasteiger partial charge in [0.2, 0.25) is 11.8 Å². The molecule has 0 unspecified atom stereocenters. The fourth-order valence-corrected chi connectivity index (χ4v) is 2.82. The summed E-state index contributed by atoms with van der Waals surface area (Å²) in [5.74, 6) is 1.47. The topological polar surface area (TPSA) is 124 Å². The van der Waals surface area contributed by atoms with Crippen LogP contribution in [0.2, 0.25) is 0 Å². The lowest BCUT2D eigenvalue weighted by Crippen LogP contribution is -2.05. The van der Waals surface area contributed by atoms with Gasteiger partial charge in [-0.15, -0.1) is 5.10 Å². The Kier molecular flexibility index (Phi) is 5.98. The number of nitrogens with one attached hydrogen (secondary N) is 2. The van der Waals surface area contributed by atoms with E-state index in [4.69, 9.17) is 15.2 Å². The molecule has 4 N–H and O–H groups in total. The van der Waals surface area contributed by atoms with E-state index in [1.165, 1.54) is 18.2 Å². The molecule has 9 nitrogen and oxygen atoms in total. The molecule has 12 heteroatoms. The maximum atomic E-state index is 12.9. The van der Waals surface area contributed by atoms with Gasteiger partial charge in [0.05, 0.1) is 12.2 Å². The minimum atomic E-state index is -4.44. The van der Waals surface area contributed by atoms with E-state index in [0.29, 0.717) is 23.7 Å². The van der Waals surface area contributed by atoms with Crippen LogP contribution >= 0.6 is 0 Å². The number of hydrogen-bond acceptors (Lipinski definition) is 8. The van der Waals surface area contributed by atoms with Crippen LogP contribution in [-0.2, 0) is 6.18 Å². The maximum Gasteiger partial charge on any atom is 0.416 e. The zero-order valence-corrected chi connectivity index (χ0v) is 17.2. The Morgan fingerprint density at radius 3 is 2.55 bits per heavy atom. The fourth-order valence-electron chi connectivity index (χ4n) is 2.82. The average Bonchev–Trinajstić information content (AvgIpc) is 3.22. The Morgan fingerprint density at radius 1 is 1.03 bits per heavy atom. The summed E-state index contributed by atoms with van der Waals surface area (Å²) in [6.07, 6.45) is -4.44. The number of benzene rings is 2. The van der Waals surface area contributed by atoms with Gasteiger partial charge >= 0.3 is 12.2 Å². The van der Waals surface area contributed by atoms with E-state index >= 15 is 0 Å². The summed E-state index contributed by atoms with van der Waals surface area (Å²) in [5, 5.41) is 9.50. The van der Waals surface area contributed by atoms with Crippen molar-refractivity contribution in [3.8, 4) is 29.0 Å². The van der Waals surface area contributed by atoms with E-state index in [1.807, 2.05) is 0 Å². The van der Waals surface area contributed by atoms with Gasteiger partial charge in [0.15, 0.2) is 5.82 Å². The number of halogens is 3. The minimum absolute atomic E-state index is 0.117. The molecule has 0 atom stereocenters. The number of H-pyrrole nitrogens is 1. The van der Waals surface area contributed by atoms with Crippen LogP contribution in [-0.4, -0.2) is 31.8 Å². The van der Waals surface area contributed by atoms with Crippen molar-refractivity contribution < 1.29 is 22.6 Å². The lowest BCUT2D eigenvalue weighted by molar-refractivity contribution is -0.137. The third kappa shape index (κ3) is 5.47. The first-order valence-electron chi connectivity index (χ1n) is 9.72. The fraction of sp³-hybridized carbons (Fsp3) is 0.143. The SMILES string of the molecule is CCOc1nc(N)cc(Oc2ccc(-c3nc(Nc4cccc(C(F)(F)F)c4)n[nH]3)cc2)n1. The quantitative estimate of drug-likeness (QED) is 0.362. The molecule has 170 valence electrons. The first-order chi connectivity index (χ1) is 15.8. The van der Waals surface area contributed by atoms with Gasteiger partial charge in [0.25, 0.3) is 0 Å². The van der Waals surface area contributed by atoms with Crippen molar-refractivity contribution in [1.82, 2.24) is 25.1 Å². The maximum absolute atomic E-state index is 12.9. The van der Waals surface area contributed by atoms with Crippen molar-refractivity contribution in [2.75, 3.05) is 17.7 Å². The highest BCUT2D eigenvalue weighted by Gasteiger charge is 2.30. The molecular weight excluding hydrogens is 439 g/mol. The summed E-state index contributed by atoms with van der Waals surface area (Å²) in [4.78, 5) is 12.3. The van der Waals surface area contributed by atoms with Crippen molar-refractivity contribution >= 4 is 17.5 Å². The highest BCUT2D eigenvalue weighted by molar-refractivity contribution is 5.60. The van der Waals surface area contributed by atoms with E-state index in [-0.39, 0.29) is 29.3 Å². The zero-order valence-electron chi connectivity index (χ0n) is 17.2. The lowest BCUT2D eigenvalue weighted by atomic mass is 10.2. The number of nitrogens with zero attached hydrogens (tertiary/aromatic N) is 4. The van der Waals surface area contributed by atoms with Crippen molar-refractivity contribution in [3.63, 3.8) is 0 Å². The summed E-state index contributed by atoms with van der Waals surface area (Å²) < 4.78 is 49.6. The van der Waals surface area contributed by atoms with Crippen LogP contribution < -0.4 is 20.5 Å². The number of aromatic amines is 1. The second-order valence-electron chi connectivity index (χ2n) is 6.68. The molecule has 0 aliphatic carbocycles. The predicted molar refractivity (Wildman–Crippen MR) is 114 cm³/mol. The Hall–Kier alpha value is -4.35. The van der Waals surface area contributed by atoms with Gasteiger partial charge < -0.3 is 20.5 Å². The molecule has 0 bridgehead atoms. The number of nitrogens with two attached hydrogens (primary N) is 1. The Bertz CT molecular complexity index is 1240. The summed E-state index contributed by atoms with van der Waals surface area (Å²) >= 11 is 0. The molecule has 0 radical (unpaired) electrons. The van der Waals surface area contributed by atoms with E-state index in [9.17, 15) is 13.2 Å². The number of rotatable bonds is 7. The van der Waals surface area contributed by atoms with Gasteiger partial charge in [0.1, 0.15) is 11.6 Å². The molecule has 0 aliphatic heterocycles. The highest BCUT2D eigenvalue weighted by Crippen LogP contribution is 2.31. The number of nitrogen functional groups attached to an aromatic ring is 1. The molecule has 0 aliphatic rings. The molecule has 0 fully saturated rings. The molecular formula is C21H18F3N7O2. The largest absolute Gasteiger partial charge is 0.464 e. The zero-order chi connectivity index (χ0) is 23.4. The molecule has 2 heterocycles. The minimum Gasteiger partial charge on any atom is -0.464 e. The van der Waals surface area contributed by atoms with Crippen LogP contribution in [0.4, 0.5) is 30.6 Å². The molecule has 0 saturated carbocycles. The van der Waals surface area contributed by atoms with Gasteiger partial charge in [-0.2, -0.15) is 28.1 Å². The molecule has 33 heavy (non-hydrogen) atoms. The molecule has 0 amide bonds.